The van der Waals surface area contributed by atoms with Crippen molar-refractivity contribution in [2.75, 3.05) is 19.6 Å². The van der Waals surface area contributed by atoms with Gasteiger partial charge in [-0.15, -0.1) is 11.3 Å². The van der Waals surface area contributed by atoms with Crippen molar-refractivity contribution in [1.29, 1.82) is 0 Å². The number of amides is 2. The van der Waals surface area contributed by atoms with E-state index in [1.54, 1.807) is 6.07 Å². The van der Waals surface area contributed by atoms with Gasteiger partial charge in [0, 0.05) is 11.4 Å². The number of hydrogen-bond donors (Lipinski definition) is 3. The minimum absolute atomic E-state index is 0.0271. The number of aliphatic hydroxyl groups is 2. The molecule has 0 aliphatic carbocycles. The number of rotatable bonds is 1. The molecule has 1 fully saturated rings. The number of fused-ring (bicyclic) bond motifs is 1. The van der Waals surface area contributed by atoms with Gasteiger partial charge in [-0.05, 0) is 23.4 Å². The van der Waals surface area contributed by atoms with Crippen LogP contribution in [-0.4, -0.2) is 69.0 Å². The van der Waals surface area contributed by atoms with Gasteiger partial charge in [0.2, 0.25) is 0 Å². The minimum atomic E-state index is -1.07. The Balaban J connectivity index is 1.85. The molecule has 2 amide bonds. The summed E-state index contributed by atoms with van der Waals surface area (Å²) in [4.78, 5) is 27.7. The van der Waals surface area contributed by atoms with E-state index in [0.717, 1.165) is 4.88 Å². The Bertz CT molecular complexity index is 565. The van der Waals surface area contributed by atoms with Gasteiger partial charge >= 0.3 is 12.0 Å². The van der Waals surface area contributed by atoms with E-state index in [9.17, 15) is 24.9 Å². The number of aliphatic hydroxyl groups excluding tert-OH is 2. The second-order valence-electron chi connectivity index (χ2n) is 5.31. The summed E-state index contributed by atoms with van der Waals surface area (Å²) >= 11 is 1.50. The van der Waals surface area contributed by atoms with Crippen LogP contribution in [0.25, 0.3) is 0 Å². The highest BCUT2D eigenvalue weighted by atomic mass is 32.1. The number of carbonyl (C=O) groups is 2. The van der Waals surface area contributed by atoms with Crippen molar-refractivity contribution in [2.24, 2.45) is 0 Å². The van der Waals surface area contributed by atoms with Gasteiger partial charge in [-0.25, -0.2) is 9.59 Å². The molecule has 0 aromatic carbocycles. The minimum Gasteiger partial charge on any atom is -0.479 e. The topological polar surface area (TPSA) is 101 Å². The molecule has 0 saturated carbocycles. The number of carboxylic acid groups (broad SMARTS) is 1. The predicted octanol–water partition coefficient (Wildman–Crippen LogP) is -0.111. The molecule has 2 aliphatic rings. The first-order valence-electron chi connectivity index (χ1n) is 6.69. The Morgan fingerprint density at radius 1 is 1.24 bits per heavy atom. The predicted molar refractivity (Wildman–Crippen MR) is 74.1 cm³/mol. The van der Waals surface area contributed by atoms with Crippen molar-refractivity contribution >= 4 is 23.3 Å². The van der Waals surface area contributed by atoms with E-state index in [2.05, 4.69) is 0 Å². The Labute approximate surface area is 125 Å². The number of nitrogens with zero attached hydrogens (tertiary/aromatic N) is 2. The summed E-state index contributed by atoms with van der Waals surface area (Å²) in [5.41, 5.74) is 0.660. The molecule has 1 aromatic heterocycles. The smallest absolute Gasteiger partial charge is 0.331 e. The van der Waals surface area contributed by atoms with Crippen LogP contribution in [0.1, 0.15) is 16.5 Å². The number of thiophene rings is 1. The fourth-order valence-electron chi connectivity index (χ4n) is 2.90. The fraction of sp³-hybridized carbons (Fsp3) is 0.538. The van der Waals surface area contributed by atoms with Crippen LogP contribution in [0.4, 0.5) is 4.79 Å². The molecule has 3 atom stereocenters. The Morgan fingerprint density at radius 3 is 2.52 bits per heavy atom. The third kappa shape index (κ3) is 2.39. The van der Waals surface area contributed by atoms with Crippen LogP contribution in [-0.2, 0) is 11.2 Å². The quantitative estimate of drug-likeness (QED) is 0.671. The average molecular weight is 312 g/mol. The molecule has 3 heterocycles. The van der Waals surface area contributed by atoms with Crippen LogP contribution in [0.2, 0.25) is 0 Å². The van der Waals surface area contributed by atoms with Crippen LogP contribution in [0.5, 0.6) is 0 Å². The van der Waals surface area contributed by atoms with Gasteiger partial charge in [0.05, 0.1) is 25.3 Å². The third-order valence-corrected chi connectivity index (χ3v) is 4.97. The highest BCUT2D eigenvalue weighted by Gasteiger charge is 2.41. The van der Waals surface area contributed by atoms with Gasteiger partial charge in [0.25, 0.3) is 0 Å². The van der Waals surface area contributed by atoms with E-state index in [1.807, 2.05) is 5.38 Å². The van der Waals surface area contributed by atoms with Crippen molar-refractivity contribution in [3.05, 3.63) is 21.9 Å². The molecular weight excluding hydrogens is 296 g/mol. The second kappa shape index (κ2) is 5.28. The number of likely N-dealkylation sites (tertiary alicyclic amines) is 1. The summed E-state index contributed by atoms with van der Waals surface area (Å²) in [6.45, 7) is 0.380. The van der Waals surface area contributed by atoms with E-state index in [1.165, 1.54) is 21.1 Å². The highest BCUT2D eigenvalue weighted by Crippen LogP contribution is 2.34. The van der Waals surface area contributed by atoms with Crippen molar-refractivity contribution in [2.45, 2.75) is 24.7 Å². The van der Waals surface area contributed by atoms with Crippen molar-refractivity contribution in [1.82, 2.24) is 9.80 Å². The van der Waals surface area contributed by atoms with Gasteiger partial charge in [0.15, 0.2) is 6.04 Å². The van der Waals surface area contributed by atoms with E-state index in [-0.39, 0.29) is 13.1 Å². The SMILES string of the molecule is O=C(O)C1c2ccsc2CCN1C(=O)N1CC(O)C(O)C1. The van der Waals surface area contributed by atoms with E-state index in [4.69, 9.17) is 0 Å². The molecule has 3 N–H and O–H groups in total. The number of carboxylic acids is 1. The lowest BCUT2D eigenvalue weighted by molar-refractivity contribution is -0.143. The fourth-order valence-corrected chi connectivity index (χ4v) is 3.80. The molecule has 0 spiro atoms. The number of hydrogen-bond acceptors (Lipinski definition) is 5. The summed E-state index contributed by atoms with van der Waals surface area (Å²) in [6.07, 6.45) is -1.32. The summed E-state index contributed by atoms with van der Waals surface area (Å²) in [5.74, 6) is -1.07. The van der Waals surface area contributed by atoms with Crippen LogP contribution in [0.15, 0.2) is 11.4 Å². The number of carbonyl (C=O) groups excluding carboxylic acids is 1. The molecule has 7 nitrogen and oxygen atoms in total. The molecule has 114 valence electrons. The summed E-state index contributed by atoms with van der Waals surface area (Å²) in [5, 5.41) is 30.4. The van der Waals surface area contributed by atoms with Gasteiger partial charge < -0.3 is 25.1 Å². The van der Waals surface area contributed by atoms with E-state index >= 15 is 0 Å². The van der Waals surface area contributed by atoms with Gasteiger partial charge in [-0.2, -0.15) is 0 Å². The van der Waals surface area contributed by atoms with Gasteiger partial charge in [-0.1, -0.05) is 0 Å². The second-order valence-corrected chi connectivity index (χ2v) is 6.31. The van der Waals surface area contributed by atoms with Crippen molar-refractivity contribution in [3.63, 3.8) is 0 Å². The average Bonchev–Trinajstić information content (AvgIpc) is 3.03. The molecule has 3 unspecified atom stereocenters. The molecular formula is C13H16N2O5S. The summed E-state index contributed by atoms with van der Waals surface area (Å²) in [7, 11) is 0. The lowest BCUT2D eigenvalue weighted by atomic mass is 10.0. The largest absolute Gasteiger partial charge is 0.479 e. The van der Waals surface area contributed by atoms with Crippen LogP contribution >= 0.6 is 11.3 Å². The maximum Gasteiger partial charge on any atom is 0.331 e. The first-order chi connectivity index (χ1) is 9.99. The molecule has 2 aliphatic heterocycles. The number of urea groups is 1. The zero-order chi connectivity index (χ0) is 15.1. The third-order valence-electron chi connectivity index (χ3n) is 3.98. The lowest BCUT2D eigenvalue weighted by Gasteiger charge is -2.35. The zero-order valence-corrected chi connectivity index (χ0v) is 12.0. The number of aliphatic carboxylic acids is 1. The van der Waals surface area contributed by atoms with Crippen LogP contribution in [0.3, 0.4) is 0 Å². The Morgan fingerprint density at radius 2 is 1.90 bits per heavy atom. The molecule has 0 bridgehead atoms. The first-order valence-corrected chi connectivity index (χ1v) is 7.57. The molecule has 1 saturated heterocycles. The van der Waals surface area contributed by atoms with Gasteiger partial charge in [0.1, 0.15) is 0 Å². The van der Waals surface area contributed by atoms with Crippen molar-refractivity contribution < 1.29 is 24.9 Å². The van der Waals surface area contributed by atoms with Crippen LogP contribution < -0.4 is 0 Å². The maximum atomic E-state index is 12.5. The monoisotopic (exact) mass is 312 g/mol. The molecule has 21 heavy (non-hydrogen) atoms. The Hall–Kier alpha value is -1.64. The normalized spacial score (nSPS) is 28.6. The van der Waals surface area contributed by atoms with E-state index < -0.39 is 30.3 Å². The maximum absolute atomic E-state index is 12.5. The number of β-amino-alcohol motifs (C(OH)–C–C–N with tert-alkyl or cyclic N) is 2. The molecule has 3 rings (SSSR count). The molecule has 0 radical (unpaired) electrons. The van der Waals surface area contributed by atoms with Crippen LogP contribution in [0, 0.1) is 0 Å². The highest BCUT2D eigenvalue weighted by molar-refractivity contribution is 7.10. The summed E-state index contributed by atoms with van der Waals surface area (Å²) in [6, 6.07) is 0.295. The van der Waals surface area contributed by atoms with Gasteiger partial charge in [-0.3, -0.25) is 0 Å². The standard InChI is InChI=1S/C13H16N2O5S/c16-8-5-14(6-9(8)17)13(20)15-3-1-10-7(2-4-21-10)11(15)12(18)19/h2,4,8-9,11,16-17H,1,3,5-6H2,(H,18,19). The summed E-state index contributed by atoms with van der Waals surface area (Å²) < 4.78 is 0. The first kappa shape index (κ1) is 14.3. The van der Waals surface area contributed by atoms with E-state index in [0.29, 0.717) is 18.5 Å². The molecule has 8 heteroatoms. The molecule has 1 aromatic rings. The lowest BCUT2D eigenvalue weighted by Crippen LogP contribution is -2.49. The zero-order valence-electron chi connectivity index (χ0n) is 11.2. The van der Waals surface area contributed by atoms with Crippen molar-refractivity contribution in [3.8, 4) is 0 Å². The Kier molecular flexibility index (Phi) is 3.60.